The highest BCUT2D eigenvalue weighted by Crippen LogP contribution is 2.32. The lowest BCUT2D eigenvalue weighted by Crippen LogP contribution is -2.43. The van der Waals surface area contributed by atoms with Crippen LogP contribution in [0.4, 0.5) is 0 Å². The lowest BCUT2D eigenvalue weighted by molar-refractivity contribution is 0.124. The second kappa shape index (κ2) is 5.05. The Morgan fingerprint density at radius 1 is 1.11 bits per heavy atom. The van der Waals surface area contributed by atoms with Crippen LogP contribution >= 0.6 is 0 Å². The minimum atomic E-state index is -3.04. The molecule has 0 bridgehead atoms. The summed E-state index contributed by atoms with van der Waals surface area (Å²) < 4.78 is 31.4. The summed E-state index contributed by atoms with van der Waals surface area (Å²) in [5.41, 5.74) is 0. The van der Waals surface area contributed by atoms with Gasteiger partial charge >= 0.3 is 6.01 Å². The number of aromatic nitrogens is 2. The van der Waals surface area contributed by atoms with Crippen molar-refractivity contribution in [3.63, 3.8) is 0 Å². The third-order valence-corrected chi connectivity index (χ3v) is 5.92. The third-order valence-electron chi connectivity index (χ3n) is 3.52. The van der Waals surface area contributed by atoms with Crippen LogP contribution in [0, 0.1) is 0 Å². The first-order valence-corrected chi connectivity index (χ1v) is 8.09. The second-order valence-electron chi connectivity index (χ2n) is 4.99. The van der Waals surface area contributed by atoms with E-state index < -0.39 is 10.0 Å². The van der Waals surface area contributed by atoms with Crippen molar-refractivity contribution < 1.29 is 13.2 Å². The van der Waals surface area contributed by atoms with Crippen molar-refractivity contribution in [2.45, 2.75) is 37.0 Å². The maximum Gasteiger partial charge on any atom is 0.316 e. The lowest BCUT2D eigenvalue weighted by Gasteiger charge is -2.30. The maximum absolute atomic E-state index is 12.1. The molecule has 104 valence electrons. The molecule has 0 aromatic carbocycles. The Labute approximate surface area is 112 Å². The van der Waals surface area contributed by atoms with Gasteiger partial charge in [0.25, 0.3) is 0 Å². The maximum atomic E-state index is 12.1. The van der Waals surface area contributed by atoms with E-state index in [0.717, 1.165) is 12.8 Å². The fourth-order valence-electron chi connectivity index (χ4n) is 2.28. The number of nitrogens with zero attached hydrogens (tertiary/aromatic N) is 3. The number of sulfonamides is 1. The first kappa shape index (κ1) is 12.8. The van der Waals surface area contributed by atoms with Gasteiger partial charge in [-0.3, -0.25) is 0 Å². The highest BCUT2D eigenvalue weighted by molar-refractivity contribution is 7.90. The molecule has 7 heteroatoms. The highest BCUT2D eigenvalue weighted by atomic mass is 32.2. The summed E-state index contributed by atoms with van der Waals surface area (Å²) in [5, 5.41) is -0.123. The Bertz CT molecular complexity index is 522. The molecule has 1 aliphatic heterocycles. The molecule has 1 aromatic heterocycles. The molecule has 6 nitrogen and oxygen atoms in total. The molecule has 2 fully saturated rings. The summed E-state index contributed by atoms with van der Waals surface area (Å²) in [6.45, 7) is 1.08. The van der Waals surface area contributed by atoms with Crippen molar-refractivity contribution in [3.05, 3.63) is 18.5 Å². The Kier molecular flexibility index (Phi) is 3.40. The van der Waals surface area contributed by atoms with Gasteiger partial charge in [-0.25, -0.2) is 22.7 Å². The van der Waals surface area contributed by atoms with Crippen LogP contribution in [-0.4, -0.2) is 47.1 Å². The fourth-order valence-corrected chi connectivity index (χ4v) is 4.15. The van der Waals surface area contributed by atoms with Gasteiger partial charge < -0.3 is 4.74 Å². The average molecular weight is 283 g/mol. The van der Waals surface area contributed by atoms with Gasteiger partial charge in [0.05, 0.1) is 5.25 Å². The summed E-state index contributed by atoms with van der Waals surface area (Å²) >= 11 is 0. The molecule has 19 heavy (non-hydrogen) atoms. The van der Waals surface area contributed by atoms with Crippen LogP contribution in [0.15, 0.2) is 18.5 Å². The molecule has 1 saturated heterocycles. The smallest absolute Gasteiger partial charge is 0.316 e. The molecule has 0 radical (unpaired) electrons. The lowest BCUT2D eigenvalue weighted by atomic mass is 10.1. The van der Waals surface area contributed by atoms with Crippen molar-refractivity contribution in [3.8, 4) is 6.01 Å². The standard InChI is InChI=1S/C12H17N3O3S/c16-19(17,11-2-3-11)15-8-4-10(5-9-15)18-12-13-6-1-7-14-12/h1,6-7,10-11H,2-5,8-9H2. The molecule has 1 aliphatic carbocycles. The molecule has 2 aliphatic rings. The third kappa shape index (κ3) is 2.87. The largest absolute Gasteiger partial charge is 0.460 e. The van der Waals surface area contributed by atoms with Gasteiger partial charge in [-0.05, 0) is 31.7 Å². The van der Waals surface area contributed by atoms with Crippen molar-refractivity contribution in [1.29, 1.82) is 0 Å². The molecule has 0 N–H and O–H groups in total. The molecule has 3 rings (SSSR count). The Morgan fingerprint density at radius 3 is 2.32 bits per heavy atom. The Balaban J connectivity index is 1.55. The van der Waals surface area contributed by atoms with E-state index in [9.17, 15) is 8.42 Å². The van der Waals surface area contributed by atoms with Gasteiger partial charge in [0.1, 0.15) is 6.10 Å². The van der Waals surface area contributed by atoms with Crippen LogP contribution in [0.2, 0.25) is 0 Å². The average Bonchev–Trinajstić information content (AvgIpc) is 3.25. The summed E-state index contributed by atoms with van der Waals surface area (Å²) in [5.74, 6) is 0. The molecule has 0 atom stereocenters. The molecule has 1 saturated carbocycles. The van der Waals surface area contributed by atoms with E-state index in [0.29, 0.717) is 31.9 Å². The van der Waals surface area contributed by atoms with Gasteiger partial charge in [-0.2, -0.15) is 0 Å². The van der Waals surface area contributed by atoms with Crippen LogP contribution in [0.1, 0.15) is 25.7 Å². The van der Waals surface area contributed by atoms with E-state index in [-0.39, 0.29) is 11.4 Å². The van der Waals surface area contributed by atoms with Gasteiger partial charge in [-0.1, -0.05) is 0 Å². The molecular formula is C12H17N3O3S. The zero-order valence-electron chi connectivity index (χ0n) is 10.6. The minimum Gasteiger partial charge on any atom is -0.460 e. The number of hydrogen-bond donors (Lipinski definition) is 0. The topological polar surface area (TPSA) is 72.4 Å². The molecular weight excluding hydrogens is 266 g/mol. The zero-order chi connectivity index (χ0) is 13.3. The number of ether oxygens (including phenoxy) is 1. The molecule has 0 amide bonds. The predicted octanol–water partition coefficient (Wildman–Crippen LogP) is 0.812. The van der Waals surface area contributed by atoms with E-state index in [4.69, 9.17) is 4.74 Å². The van der Waals surface area contributed by atoms with Crippen LogP contribution in [-0.2, 0) is 10.0 Å². The first-order chi connectivity index (χ1) is 9.16. The van der Waals surface area contributed by atoms with E-state index in [2.05, 4.69) is 9.97 Å². The zero-order valence-corrected chi connectivity index (χ0v) is 11.4. The SMILES string of the molecule is O=S(=O)(C1CC1)N1CCC(Oc2ncccn2)CC1. The molecule has 0 unspecified atom stereocenters. The normalized spacial score (nSPS) is 22.3. The van der Waals surface area contributed by atoms with Crippen molar-refractivity contribution in [2.24, 2.45) is 0 Å². The predicted molar refractivity (Wildman–Crippen MR) is 69.2 cm³/mol. The second-order valence-corrected chi connectivity index (χ2v) is 7.20. The molecule has 0 spiro atoms. The van der Waals surface area contributed by atoms with E-state index in [1.54, 1.807) is 22.8 Å². The number of rotatable bonds is 4. The monoisotopic (exact) mass is 283 g/mol. The summed E-state index contributed by atoms with van der Waals surface area (Å²) in [6, 6.07) is 2.10. The van der Waals surface area contributed by atoms with Crippen molar-refractivity contribution in [2.75, 3.05) is 13.1 Å². The first-order valence-electron chi connectivity index (χ1n) is 6.59. The molecule has 2 heterocycles. The van der Waals surface area contributed by atoms with E-state index >= 15 is 0 Å². The fraction of sp³-hybridized carbons (Fsp3) is 0.667. The van der Waals surface area contributed by atoms with Crippen LogP contribution in [0.3, 0.4) is 0 Å². The Hall–Kier alpha value is -1.21. The summed E-state index contributed by atoms with van der Waals surface area (Å²) in [4.78, 5) is 8.03. The minimum absolute atomic E-state index is 0.00746. The van der Waals surface area contributed by atoms with Crippen molar-refractivity contribution in [1.82, 2.24) is 14.3 Å². The van der Waals surface area contributed by atoms with Crippen LogP contribution < -0.4 is 4.74 Å². The summed E-state index contributed by atoms with van der Waals surface area (Å²) in [7, 11) is -3.04. The van der Waals surface area contributed by atoms with Gasteiger partial charge in [0.15, 0.2) is 0 Å². The highest BCUT2D eigenvalue weighted by Gasteiger charge is 2.41. The van der Waals surface area contributed by atoms with Gasteiger partial charge in [0, 0.05) is 25.5 Å². The Morgan fingerprint density at radius 2 is 1.74 bits per heavy atom. The van der Waals surface area contributed by atoms with Crippen molar-refractivity contribution >= 4 is 10.0 Å². The van der Waals surface area contributed by atoms with E-state index in [1.807, 2.05) is 0 Å². The van der Waals surface area contributed by atoms with Gasteiger partial charge in [-0.15, -0.1) is 0 Å². The molecule has 1 aromatic rings. The number of piperidine rings is 1. The number of hydrogen-bond acceptors (Lipinski definition) is 5. The quantitative estimate of drug-likeness (QED) is 0.817. The van der Waals surface area contributed by atoms with E-state index in [1.165, 1.54) is 0 Å². The van der Waals surface area contributed by atoms with Crippen LogP contribution in [0.5, 0.6) is 6.01 Å². The summed E-state index contributed by atoms with van der Waals surface area (Å²) in [6.07, 6.45) is 6.30. The van der Waals surface area contributed by atoms with Gasteiger partial charge in [0.2, 0.25) is 10.0 Å². The van der Waals surface area contributed by atoms with Crippen LogP contribution in [0.25, 0.3) is 0 Å².